The van der Waals surface area contributed by atoms with Gasteiger partial charge in [0.2, 0.25) is 0 Å². The first-order valence-corrected chi connectivity index (χ1v) is 10.6. The number of hydrogen-bond acceptors (Lipinski definition) is 6. The highest BCUT2D eigenvalue weighted by atomic mass is 16.5. The average Bonchev–Trinajstić information content (AvgIpc) is 3.41. The van der Waals surface area contributed by atoms with Crippen molar-refractivity contribution in [3.63, 3.8) is 0 Å². The highest BCUT2D eigenvalue weighted by Crippen LogP contribution is 2.39. The number of ether oxygens (including phenoxy) is 2. The van der Waals surface area contributed by atoms with Gasteiger partial charge in [0, 0.05) is 25.4 Å². The molecule has 1 saturated carbocycles. The number of nitrogens with zero attached hydrogens (tertiary/aromatic N) is 4. The van der Waals surface area contributed by atoms with Crippen LogP contribution < -0.4 is 9.47 Å². The SMILES string of the molecule is COc1ccccc1O[C@@H]1C[C@@H]2CN(C(=O)c3cnc4ccnn4c3C)C[C@@H]2C[C@H]1O. The Kier molecular flexibility index (Phi) is 5.02. The molecule has 1 aliphatic carbocycles. The van der Waals surface area contributed by atoms with Crippen molar-refractivity contribution in [3.8, 4) is 11.5 Å². The van der Waals surface area contributed by atoms with Crippen LogP contribution in [0.15, 0.2) is 42.7 Å². The van der Waals surface area contributed by atoms with Gasteiger partial charge in [0.05, 0.1) is 30.7 Å². The Hall–Kier alpha value is -3.13. The molecule has 0 spiro atoms. The number of aliphatic hydroxyl groups excluding tert-OH is 1. The molecule has 0 bridgehead atoms. The maximum Gasteiger partial charge on any atom is 0.257 e. The van der Waals surface area contributed by atoms with Crippen LogP contribution in [0.4, 0.5) is 0 Å². The Bertz CT molecular complexity index is 1110. The Balaban J connectivity index is 1.31. The summed E-state index contributed by atoms with van der Waals surface area (Å²) in [6, 6.07) is 9.28. The van der Waals surface area contributed by atoms with Gasteiger partial charge in [0.1, 0.15) is 6.10 Å². The lowest BCUT2D eigenvalue weighted by Crippen LogP contribution is -2.42. The van der Waals surface area contributed by atoms with Crippen molar-refractivity contribution in [2.24, 2.45) is 11.8 Å². The molecule has 4 atom stereocenters. The fraction of sp³-hybridized carbons (Fsp3) is 0.435. The van der Waals surface area contributed by atoms with E-state index >= 15 is 0 Å². The van der Waals surface area contributed by atoms with Gasteiger partial charge >= 0.3 is 0 Å². The number of carbonyl (C=O) groups is 1. The highest BCUT2D eigenvalue weighted by molar-refractivity contribution is 5.95. The van der Waals surface area contributed by atoms with Crippen LogP contribution in [0, 0.1) is 18.8 Å². The van der Waals surface area contributed by atoms with Crippen molar-refractivity contribution in [3.05, 3.63) is 54.0 Å². The number of aryl methyl sites for hydroxylation is 1. The topological polar surface area (TPSA) is 89.2 Å². The molecular weight excluding hydrogens is 396 g/mol. The van der Waals surface area contributed by atoms with E-state index in [1.165, 1.54) is 0 Å². The van der Waals surface area contributed by atoms with Gasteiger partial charge < -0.3 is 19.5 Å². The first-order valence-electron chi connectivity index (χ1n) is 10.6. The molecule has 0 radical (unpaired) electrons. The third-order valence-corrected chi connectivity index (χ3v) is 6.61. The minimum absolute atomic E-state index is 0.0338. The fourth-order valence-corrected chi connectivity index (χ4v) is 4.93. The molecule has 2 aliphatic rings. The zero-order valence-corrected chi connectivity index (χ0v) is 17.6. The standard InChI is InChI=1S/C23H26N4O4/c1-14-17(11-24-22-7-8-25-27(14)22)23(29)26-12-15-9-18(28)21(10-16(15)13-26)31-20-6-4-3-5-19(20)30-2/h3-8,11,15-16,18,21,28H,9-10,12-13H2,1-2H3/t15-,16+,18+,21+/m0/s1. The molecule has 2 aromatic heterocycles. The van der Waals surface area contributed by atoms with Gasteiger partial charge in [0.15, 0.2) is 17.1 Å². The van der Waals surface area contributed by atoms with Crippen LogP contribution in [0.1, 0.15) is 28.9 Å². The molecule has 0 unspecified atom stereocenters. The monoisotopic (exact) mass is 422 g/mol. The van der Waals surface area contributed by atoms with Gasteiger partial charge in [-0.25, -0.2) is 9.50 Å². The fourth-order valence-electron chi connectivity index (χ4n) is 4.93. The van der Waals surface area contributed by atoms with E-state index in [9.17, 15) is 9.90 Å². The predicted molar refractivity (Wildman–Crippen MR) is 113 cm³/mol. The molecule has 8 heteroatoms. The smallest absolute Gasteiger partial charge is 0.257 e. The van der Waals surface area contributed by atoms with E-state index in [1.54, 1.807) is 24.0 Å². The predicted octanol–water partition coefficient (Wildman–Crippen LogP) is 2.34. The summed E-state index contributed by atoms with van der Waals surface area (Å²) in [6.07, 6.45) is 3.73. The molecule has 2 fully saturated rings. The molecular formula is C23H26N4O4. The van der Waals surface area contributed by atoms with E-state index in [0.29, 0.717) is 43.0 Å². The van der Waals surface area contributed by atoms with Crippen molar-refractivity contribution >= 4 is 11.6 Å². The Morgan fingerprint density at radius 3 is 2.65 bits per heavy atom. The van der Waals surface area contributed by atoms with Crippen molar-refractivity contribution in [1.82, 2.24) is 19.5 Å². The van der Waals surface area contributed by atoms with E-state index in [4.69, 9.17) is 9.47 Å². The lowest BCUT2D eigenvalue weighted by atomic mass is 9.78. The third kappa shape index (κ3) is 3.50. The van der Waals surface area contributed by atoms with Gasteiger partial charge in [-0.1, -0.05) is 12.1 Å². The molecule has 1 N–H and O–H groups in total. The molecule has 1 saturated heterocycles. The van der Waals surface area contributed by atoms with Crippen LogP contribution in [0.3, 0.4) is 0 Å². The third-order valence-electron chi connectivity index (χ3n) is 6.61. The maximum atomic E-state index is 13.2. The summed E-state index contributed by atoms with van der Waals surface area (Å²) in [5.74, 6) is 1.80. The quantitative estimate of drug-likeness (QED) is 0.694. The van der Waals surface area contributed by atoms with E-state index in [2.05, 4.69) is 10.1 Å². The first-order chi connectivity index (χ1) is 15.0. The summed E-state index contributed by atoms with van der Waals surface area (Å²) in [5, 5.41) is 15.0. The number of aromatic nitrogens is 3. The minimum atomic E-state index is -0.579. The number of benzene rings is 1. The second kappa shape index (κ2) is 7.85. The van der Waals surface area contributed by atoms with Crippen molar-refractivity contribution < 1.29 is 19.4 Å². The van der Waals surface area contributed by atoms with Crippen LogP contribution in [0.5, 0.6) is 11.5 Å². The number of methoxy groups -OCH3 is 1. The van der Waals surface area contributed by atoms with Crippen molar-refractivity contribution in [2.75, 3.05) is 20.2 Å². The average molecular weight is 422 g/mol. The maximum absolute atomic E-state index is 13.2. The summed E-state index contributed by atoms with van der Waals surface area (Å²) < 4.78 is 13.2. The summed E-state index contributed by atoms with van der Waals surface area (Å²) in [7, 11) is 1.60. The van der Waals surface area contributed by atoms with E-state index in [1.807, 2.05) is 42.2 Å². The molecule has 1 amide bonds. The molecule has 1 aromatic carbocycles. The number of para-hydroxylation sites is 2. The van der Waals surface area contributed by atoms with E-state index in [-0.39, 0.29) is 23.8 Å². The summed E-state index contributed by atoms with van der Waals surface area (Å²) in [6.45, 7) is 3.18. The highest BCUT2D eigenvalue weighted by Gasteiger charge is 2.44. The molecule has 3 heterocycles. The Morgan fingerprint density at radius 2 is 1.87 bits per heavy atom. The van der Waals surface area contributed by atoms with Crippen LogP contribution in [-0.2, 0) is 0 Å². The van der Waals surface area contributed by atoms with Crippen LogP contribution in [0.2, 0.25) is 0 Å². The van der Waals surface area contributed by atoms with Crippen LogP contribution in [-0.4, -0.2) is 62.9 Å². The summed E-state index contributed by atoms with van der Waals surface area (Å²) in [5.41, 5.74) is 2.08. The lowest BCUT2D eigenvalue weighted by Gasteiger charge is -2.35. The minimum Gasteiger partial charge on any atom is -0.493 e. The number of carbonyl (C=O) groups excluding carboxylic acids is 1. The molecule has 162 valence electrons. The summed E-state index contributed by atoms with van der Waals surface area (Å²) >= 11 is 0. The van der Waals surface area contributed by atoms with Gasteiger partial charge in [-0.3, -0.25) is 4.79 Å². The summed E-state index contributed by atoms with van der Waals surface area (Å²) in [4.78, 5) is 19.5. The largest absolute Gasteiger partial charge is 0.493 e. The van der Waals surface area contributed by atoms with Gasteiger partial charge in [-0.2, -0.15) is 5.10 Å². The molecule has 3 aromatic rings. The van der Waals surface area contributed by atoms with E-state index in [0.717, 1.165) is 11.3 Å². The van der Waals surface area contributed by atoms with Gasteiger partial charge in [0.25, 0.3) is 5.91 Å². The number of aliphatic hydroxyl groups is 1. The number of amides is 1. The zero-order chi connectivity index (χ0) is 21.5. The number of hydrogen-bond donors (Lipinski definition) is 1. The van der Waals surface area contributed by atoms with Crippen LogP contribution >= 0.6 is 0 Å². The second-order valence-electron chi connectivity index (χ2n) is 8.43. The lowest BCUT2D eigenvalue weighted by molar-refractivity contribution is -0.0240. The molecule has 8 nitrogen and oxygen atoms in total. The number of rotatable bonds is 4. The van der Waals surface area contributed by atoms with Gasteiger partial charge in [-0.15, -0.1) is 0 Å². The number of likely N-dealkylation sites (tertiary alicyclic amines) is 1. The Labute approximate surface area is 180 Å². The molecule has 31 heavy (non-hydrogen) atoms. The normalized spacial score (nSPS) is 25.5. The Morgan fingerprint density at radius 1 is 1.13 bits per heavy atom. The van der Waals surface area contributed by atoms with Crippen LogP contribution in [0.25, 0.3) is 5.65 Å². The second-order valence-corrected chi connectivity index (χ2v) is 8.43. The number of fused-ring (bicyclic) bond motifs is 2. The van der Waals surface area contributed by atoms with Crippen molar-refractivity contribution in [1.29, 1.82) is 0 Å². The molecule has 5 rings (SSSR count). The first kappa shape index (κ1) is 19.8. The van der Waals surface area contributed by atoms with Crippen molar-refractivity contribution in [2.45, 2.75) is 32.0 Å². The molecule has 1 aliphatic heterocycles. The van der Waals surface area contributed by atoms with Gasteiger partial charge in [-0.05, 0) is 43.7 Å². The van der Waals surface area contributed by atoms with E-state index < -0.39 is 6.10 Å². The zero-order valence-electron chi connectivity index (χ0n) is 17.6.